The summed E-state index contributed by atoms with van der Waals surface area (Å²) < 4.78 is 13.5. The first kappa shape index (κ1) is 14.8. The second-order valence-electron chi connectivity index (χ2n) is 6.33. The predicted molar refractivity (Wildman–Crippen MR) is 78.8 cm³/mol. The highest BCUT2D eigenvalue weighted by atomic mass is 35.5. The van der Waals surface area contributed by atoms with Crippen LogP contribution in [-0.2, 0) is 6.42 Å². The van der Waals surface area contributed by atoms with E-state index in [1.54, 1.807) is 6.07 Å². The van der Waals surface area contributed by atoms with Crippen molar-refractivity contribution in [1.29, 1.82) is 0 Å². The van der Waals surface area contributed by atoms with Crippen LogP contribution in [0.1, 0.15) is 45.1 Å². The van der Waals surface area contributed by atoms with E-state index >= 15 is 0 Å². The number of rotatable bonds is 3. The predicted octanol–water partition coefficient (Wildman–Crippen LogP) is 4.57. The Labute approximate surface area is 120 Å². The van der Waals surface area contributed by atoms with Crippen molar-refractivity contribution in [3.63, 3.8) is 0 Å². The Kier molecular flexibility index (Phi) is 4.52. The lowest BCUT2D eigenvalue weighted by Gasteiger charge is -2.39. The Hall–Kier alpha value is -0.600. The van der Waals surface area contributed by atoms with Gasteiger partial charge in [0.15, 0.2) is 0 Å². The van der Waals surface area contributed by atoms with Gasteiger partial charge in [0.1, 0.15) is 5.82 Å². The summed E-state index contributed by atoms with van der Waals surface area (Å²) in [6.45, 7) is 4.55. The number of hydrogen-bond donors (Lipinski definition) is 1. The molecule has 3 heteroatoms. The van der Waals surface area contributed by atoms with Crippen LogP contribution in [-0.4, -0.2) is 5.54 Å². The van der Waals surface area contributed by atoms with E-state index in [-0.39, 0.29) is 16.4 Å². The van der Waals surface area contributed by atoms with Crippen LogP contribution >= 0.6 is 11.6 Å². The van der Waals surface area contributed by atoms with Crippen LogP contribution in [0.5, 0.6) is 0 Å². The minimum absolute atomic E-state index is 0.219. The van der Waals surface area contributed by atoms with Crippen molar-refractivity contribution < 1.29 is 4.39 Å². The zero-order valence-corrected chi connectivity index (χ0v) is 12.5. The van der Waals surface area contributed by atoms with Crippen LogP contribution in [0.15, 0.2) is 18.2 Å². The molecule has 1 aromatic carbocycles. The molecule has 1 saturated carbocycles. The van der Waals surface area contributed by atoms with Gasteiger partial charge in [0.2, 0.25) is 0 Å². The molecule has 0 spiro atoms. The van der Waals surface area contributed by atoms with Crippen molar-refractivity contribution >= 4 is 11.6 Å². The van der Waals surface area contributed by atoms with E-state index in [9.17, 15) is 4.39 Å². The minimum atomic E-state index is -0.348. The lowest BCUT2D eigenvalue weighted by Crippen LogP contribution is -2.45. The Morgan fingerprint density at radius 3 is 2.58 bits per heavy atom. The van der Waals surface area contributed by atoms with Crippen molar-refractivity contribution in [2.45, 2.75) is 51.5 Å². The third kappa shape index (κ3) is 3.49. The summed E-state index contributed by atoms with van der Waals surface area (Å²) in [7, 11) is 0. The molecule has 0 aromatic heterocycles. The molecule has 1 nitrogen and oxygen atoms in total. The van der Waals surface area contributed by atoms with Crippen molar-refractivity contribution in [2.75, 3.05) is 0 Å². The molecular formula is C16H23ClFN. The van der Waals surface area contributed by atoms with Crippen molar-refractivity contribution in [1.82, 2.24) is 0 Å². The smallest absolute Gasteiger partial charge is 0.142 e. The zero-order chi connectivity index (χ0) is 14.0. The first-order valence-electron chi connectivity index (χ1n) is 7.13. The SMILES string of the molecule is CC(C)C1CCC(N)(Cc2cccc(F)c2Cl)CC1. The van der Waals surface area contributed by atoms with Gasteiger partial charge in [-0.05, 0) is 55.6 Å². The monoisotopic (exact) mass is 283 g/mol. The molecule has 0 unspecified atom stereocenters. The van der Waals surface area contributed by atoms with Gasteiger partial charge in [-0.25, -0.2) is 4.39 Å². The first-order chi connectivity index (χ1) is 8.91. The third-order valence-electron chi connectivity index (χ3n) is 4.54. The molecule has 2 N–H and O–H groups in total. The van der Waals surface area contributed by atoms with Gasteiger partial charge in [-0.2, -0.15) is 0 Å². The van der Waals surface area contributed by atoms with Crippen LogP contribution in [0.2, 0.25) is 5.02 Å². The molecule has 1 aliphatic rings. The zero-order valence-electron chi connectivity index (χ0n) is 11.8. The van der Waals surface area contributed by atoms with Crippen molar-refractivity contribution in [2.24, 2.45) is 17.6 Å². The van der Waals surface area contributed by atoms with Gasteiger partial charge in [0, 0.05) is 5.54 Å². The molecule has 0 heterocycles. The third-order valence-corrected chi connectivity index (χ3v) is 4.97. The van der Waals surface area contributed by atoms with Crippen molar-refractivity contribution in [3.05, 3.63) is 34.6 Å². The molecule has 0 radical (unpaired) electrons. The maximum atomic E-state index is 13.5. The van der Waals surface area contributed by atoms with Gasteiger partial charge in [-0.1, -0.05) is 37.6 Å². The molecule has 0 atom stereocenters. The fraction of sp³-hybridized carbons (Fsp3) is 0.625. The maximum Gasteiger partial charge on any atom is 0.142 e. The van der Waals surface area contributed by atoms with Gasteiger partial charge in [0.25, 0.3) is 0 Å². The van der Waals surface area contributed by atoms with Crippen molar-refractivity contribution in [3.8, 4) is 0 Å². The molecule has 2 rings (SSSR count). The molecule has 1 aliphatic carbocycles. The van der Waals surface area contributed by atoms with E-state index in [1.807, 2.05) is 6.07 Å². The van der Waals surface area contributed by atoms with Gasteiger partial charge in [-0.15, -0.1) is 0 Å². The second-order valence-corrected chi connectivity index (χ2v) is 6.71. The largest absolute Gasteiger partial charge is 0.325 e. The van der Waals surface area contributed by atoms with E-state index in [0.29, 0.717) is 6.42 Å². The fourth-order valence-electron chi connectivity index (χ4n) is 3.12. The Balaban J connectivity index is 2.05. The Bertz CT molecular complexity index is 436. The Morgan fingerprint density at radius 2 is 2.00 bits per heavy atom. The summed E-state index contributed by atoms with van der Waals surface area (Å²) in [4.78, 5) is 0. The van der Waals surface area contributed by atoms with E-state index in [0.717, 1.165) is 30.2 Å². The fourth-order valence-corrected chi connectivity index (χ4v) is 3.32. The summed E-state index contributed by atoms with van der Waals surface area (Å²) in [6.07, 6.45) is 5.02. The highest BCUT2D eigenvalue weighted by Crippen LogP contribution is 2.37. The van der Waals surface area contributed by atoms with E-state index in [2.05, 4.69) is 13.8 Å². The molecule has 0 aliphatic heterocycles. The number of nitrogens with two attached hydrogens (primary N) is 1. The van der Waals surface area contributed by atoms with Crippen LogP contribution in [0.3, 0.4) is 0 Å². The minimum Gasteiger partial charge on any atom is -0.325 e. The normalized spacial score (nSPS) is 27.8. The standard InChI is InChI=1S/C16H23ClFN/c1-11(2)12-6-8-16(19,9-7-12)10-13-4-3-5-14(18)15(13)17/h3-5,11-12H,6-10,19H2,1-2H3. The maximum absolute atomic E-state index is 13.5. The van der Waals surface area contributed by atoms with E-state index in [1.165, 1.54) is 18.9 Å². The quantitative estimate of drug-likeness (QED) is 0.864. The average Bonchev–Trinajstić information content (AvgIpc) is 2.35. The highest BCUT2D eigenvalue weighted by Gasteiger charge is 2.33. The summed E-state index contributed by atoms with van der Waals surface area (Å²) in [5.41, 5.74) is 7.11. The lowest BCUT2D eigenvalue weighted by atomic mass is 9.71. The Morgan fingerprint density at radius 1 is 1.37 bits per heavy atom. The molecule has 1 aromatic rings. The number of hydrogen-bond acceptors (Lipinski definition) is 1. The van der Waals surface area contributed by atoms with Gasteiger partial charge in [-0.3, -0.25) is 0 Å². The van der Waals surface area contributed by atoms with Gasteiger partial charge >= 0.3 is 0 Å². The van der Waals surface area contributed by atoms with Gasteiger partial charge in [0.05, 0.1) is 5.02 Å². The lowest BCUT2D eigenvalue weighted by molar-refractivity contribution is 0.194. The summed E-state index contributed by atoms with van der Waals surface area (Å²) >= 11 is 6.02. The molecule has 0 amide bonds. The summed E-state index contributed by atoms with van der Waals surface area (Å²) in [5, 5.41) is 0.235. The molecule has 106 valence electrons. The number of halogens is 2. The van der Waals surface area contributed by atoms with Gasteiger partial charge < -0.3 is 5.73 Å². The summed E-state index contributed by atoms with van der Waals surface area (Å²) in [6, 6.07) is 4.99. The van der Waals surface area contributed by atoms with E-state index in [4.69, 9.17) is 17.3 Å². The first-order valence-corrected chi connectivity index (χ1v) is 7.51. The topological polar surface area (TPSA) is 26.0 Å². The van der Waals surface area contributed by atoms with Crippen LogP contribution < -0.4 is 5.73 Å². The second kappa shape index (κ2) is 5.80. The van der Waals surface area contributed by atoms with Crippen LogP contribution in [0.4, 0.5) is 4.39 Å². The molecule has 0 saturated heterocycles. The number of benzene rings is 1. The molecule has 19 heavy (non-hydrogen) atoms. The molecule has 1 fully saturated rings. The van der Waals surface area contributed by atoms with Crippen LogP contribution in [0, 0.1) is 17.7 Å². The summed E-state index contributed by atoms with van der Waals surface area (Å²) in [5.74, 6) is 1.15. The highest BCUT2D eigenvalue weighted by molar-refractivity contribution is 6.31. The van der Waals surface area contributed by atoms with E-state index < -0.39 is 0 Å². The molecule has 0 bridgehead atoms. The van der Waals surface area contributed by atoms with Crippen LogP contribution in [0.25, 0.3) is 0 Å². The molecular weight excluding hydrogens is 261 g/mol. The average molecular weight is 284 g/mol.